The van der Waals surface area contributed by atoms with Crippen molar-refractivity contribution in [2.75, 3.05) is 19.6 Å². The van der Waals surface area contributed by atoms with E-state index in [0.29, 0.717) is 11.7 Å². The molecule has 0 saturated carbocycles. The number of piperidine rings is 1. The first-order valence-corrected chi connectivity index (χ1v) is 7.39. The van der Waals surface area contributed by atoms with Gasteiger partial charge in [-0.05, 0) is 39.3 Å². The first-order chi connectivity index (χ1) is 10.1. The van der Waals surface area contributed by atoms with Gasteiger partial charge in [-0.2, -0.15) is 5.10 Å². The Morgan fingerprint density at radius 3 is 2.91 bits per heavy atom. The van der Waals surface area contributed by atoms with Gasteiger partial charge in [0, 0.05) is 18.8 Å². The number of hydrogen-bond donors (Lipinski definition) is 3. The maximum Gasteiger partial charge on any atom is 0.272 e. The Hall–Kier alpha value is -1.60. The first-order valence-electron chi connectivity index (χ1n) is 7.39. The number of carbonyl (C=O) groups excluding carboxylic acids is 2. The standard InChI is InChI=1S/C14H23N5O2.ClH/c1-10(2)17-13(20)9-16-14(21)12-5-7-19(18-12)11-4-3-6-15-8-11;/h5,7,10-11,15H,3-4,6,8-9H2,1-2H3,(H,16,21)(H,17,20);1H. The van der Waals surface area contributed by atoms with Gasteiger partial charge in [0.1, 0.15) is 5.69 Å². The Balaban J connectivity index is 0.00000242. The Morgan fingerprint density at radius 2 is 2.27 bits per heavy atom. The Morgan fingerprint density at radius 1 is 1.50 bits per heavy atom. The van der Waals surface area contributed by atoms with Gasteiger partial charge < -0.3 is 16.0 Å². The van der Waals surface area contributed by atoms with Crippen molar-refractivity contribution in [2.45, 2.75) is 38.8 Å². The Labute approximate surface area is 136 Å². The van der Waals surface area contributed by atoms with E-state index in [2.05, 4.69) is 21.0 Å². The second-order valence-electron chi connectivity index (χ2n) is 5.59. The van der Waals surface area contributed by atoms with Crippen molar-refractivity contribution in [3.63, 3.8) is 0 Å². The number of aromatic nitrogens is 2. The molecule has 1 aliphatic rings. The zero-order chi connectivity index (χ0) is 15.2. The van der Waals surface area contributed by atoms with E-state index in [4.69, 9.17) is 0 Å². The summed E-state index contributed by atoms with van der Waals surface area (Å²) in [7, 11) is 0. The number of amides is 2. The fraction of sp³-hybridized carbons (Fsp3) is 0.643. The van der Waals surface area contributed by atoms with Gasteiger partial charge in [-0.15, -0.1) is 12.4 Å². The minimum Gasteiger partial charge on any atom is -0.352 e. The molecule has 1 aliphatic heterocycles. The summed E-state index contributed by atoms with van der Waals surface area (Å²) in [6.07, 6.45) is 3.99. The molecule has 2 amide bonds. The minimum absolute atomic E-state index is 0. The van der Waals surface area contributed by atoms with Crippen LogP contribution < -0.4 is 16.0 Å². The summed E-state index contributed by atoms with van der Waals surface area (Å²) in [5.41, 5.74) is 0.345. The highest BCUT2D eigenvalue weighted by Crippen LogP contribution is 2.15. The zero-order valence-corrected chi connectivity index (χ0v) is 13.8. The van der Waals surface area contributed by atoms with E-state index in [9.17, 15) is 9.59 Å². The summed E-state index contributed by atoms with van der Waals surface area (Å²) in [6.45, 7) is 5.63. The van der Waals surface area contributed by atoms with Crippen LogP contribution in [0.15, 0.2) is 12.3 Å². The monoisotopic (exact) mass is 329 g/mol. The van der Waals surface area contributed by atoms with Crippen molar-refractivity contribution >= 4 is 24.2 Å². The van der Waals surface area contributed by atoms with Crippen molar-refractivity contribution in [3.05, 3.63) is 18.0 Å². The van der Waals surface area contributed by atoms with Gasteiger partial charge in [0.2, 0.25) is 5.91 Å². The summed E-state index contributed by atoms with van der Waals surface area (Å²) in [5.74, 6) is -0.523. The van der Waals surface area contributed by atoms with Crippen LogP contribution in [0.1, 0.15) is 43.2 Å². The Kier molecular flexibility index (Phi) is 7.34. The molecule has 0 bridgehead atoms. The number of carbonyl (C=O) groups is 2. The van der Waals surface area contributed by atoms with Crippen LogP contribution in [0.3, 0.4) is 0 Å². The molecule has 2 heterocycles. The highest BCUT2D eigenvalue weighted by atomic mass is 35.5. The van der Waals surface area contributed by atoms with Crippen LogP contribution in [-0.4, -0.2) is 47.3 Å². The molecule has 3 N–H and O–H groups in total. The number of nitrogens with zero attached hydrogens (tertiary/aromatic N) is 2. The number of halogens is 1. The van der Waals surface area contributed by atoms with E-state index < -0.39 is 0 Å². The van der Waals surface area contributed by atoms with Crippen molar-refractivity contribution in [1.29, 1.82) is 0 Å². The fourth-order valence-electron chi connectivity index (χ4n) is 2.35. The van der Waals surface area contributed by atoms with Gasteiger partial charge in [0.15, 0.2) is 0 Å². The predicted octanol–water partition coefficient (Wildman–Crippen LogP) is 0.484. The summed E-state index contributed by atoms with van der Waals surface area (Å²) in [4.78, 5) is 23.4. The predicted molar refractivity (Wildman–Crippen MR) is 86.2 cm³/mol. The highest BCUT2D eigenvalue weighted by molar-refractivity contribution is 5.94. The third kappa shape index (κ3) is 5.31. The molecule has 1 fully saturated rings. The molecule has 1 aromatic rings. The van der Waals surface area contributed by atoms with Crippen LogP contribution >= 0.6 is 12.4 Å². The van der Waals surface area contributed by atoms with Crippen LogP contribution in [-0.2, 0) is 4.79 Å². The van der Waals surface area contributed by atoms with Gasteiger partial charge >= 0.3 is 0 Å². The van der Waals surface area contributed by atoms with Crippen molar-refractivity contribution < 1.29 is 9.59 Å². The van der Waals surface area contributed by atoms with E-state index in [1.807, 2.05) is 24.7 Å². The molecule has 7 nitrogen and oxygen atoms in total. The average Bonchev–Trinajstić information content (AvgIpc) is 2.95. The molecule has 8 heteroatoms. The largest absolute Gasteiger partial charge is 0.352 e. The molecule has 0 aromatic carbocycles. The highest BCUT2D eigenvalue weighted by Gasteiger charge is 2.18. The molecular formula is C14H24ClN5O2. The van der Waals surface area contributed by atoms with E-state index in [-0.39, 0.29) is 36.8 Å². The molecule has 0 spiro atoms. The SMILES string of the molecule is CC(C)NC(=O)CNC(=O)c1ccn(C2CCCNC2)n1.Cl. The molecule has 124 valence electrons. The van der Waals surface area contributed by atoms with Crippen LogP contribution in [0.25, 0.3) is 0 Å². The normalized spacial score (nSPS) is 17.7. The van der Waals surface area contributed by atoms with Crippen LogP contribution in [0.4, 0.5) is 0 Å². The third-order valence-electron chi connectivity index (χ3n) is 3.35. The lowest BCUT2D eigenvalue weighted by molar-refractivity contribution is -0.120. The van der Waals surface area contributed by atoms with Crippen LogP contribution in [0.5, 0.6) is 0 Å². The van der Waals surface area contributed by atoms with E-state index >= 15 is 0 Å². The number of nitrogens with one attached hydrogen (secondary N) is 3. The van der Waals surface area contributed by atoms with Gasteiger partial charge in [0.05, 0.1) is 12.6 Å². The smallest absolute Gasteiger partial charge is 0.272 e. The first kappa shape index (κ1) is 18.4. The van der Waals surface area contributed by atoms with E-state index in [1.54, 1.807) is 6.07 Å². The lowest BCUT2D eigenvalue weighted by atomic mass is 10.1. The second-order valence-corrected chi connectivity index (χ2v) is 5.59. The van der Waals surface area contributed by atoms with E-state index in [1.165, 1.54) is 0 Å². The lowest BCUT2D eigenvalue weighted by Gasteiger charge is -2.22. The molecule has 22 heavy (non-hydrogen) atoms. The molecular weight excluding hydrogens is 306 g/mol. The van der Waals surface area contributed by atoms with Gasteiger partial charge in [-0.1, -0.05) is 0 Å². The molecule has 2 rings (SSSR count). The molecule has 0 aliphatic carbocycles. The van der Waals surface area contributed by atoms with E-state index in [0.717, 1.165) is 25.9 Å². The van der Waals surface area contributed by atoms with Crippen LogP contribution in [0, 0.1) is 0 Å². The minimum atomic E-state index is -0.323. The lowest BCUT2D eigenvalue weighted by Crippen LogP contribution is -2.40. The number of hydrogen-bond acceptors (Lipinski definition) is 4. The van der Waals surface area contributed by atoms with Crippen LogP contribution in [0.2, 0.25) is 0 Å². The van der Waals surface area contributed by atoms with Gasteiger partial charge in [-0.3, -0.25) is 14.3 Å². The average molecular weight is 330 g/mol. The maximum absolute atomic E-state index is 11.9. The van der Waals surface area contributed by atoms with Crippen molar-refractivity contribution in [3.8, 4) is 0 Å². The third-order valence-corrected chi connectivity index (χ3v) is 3.35. The van der Waals surface area contributed by atoms with Gasteiger partial charge in [-0.25, -0.2) is 0 Å². The quantitative estimate of drug-likeness (QED) is 0.733. The van der Waals surface area contributed by atoms with Crippen molar-refractivity contribution in [1.82, 2.24) is 25.7 Å². The molecule has 1 unspecified atom stereocenters. The summed E-state index contributed by atoms with van der Waals surface area (Å²) in [5, 5.41) is 12.9. The maximum atomic E-state index is 11.9. The summed E-state index contributed by atoms with van der Waals surface area (Å²) >= 11 is 0. The topological polar surface area (TPSA) is 88.0 Å². The number of rotatable bonds is 5. The molecule has 0 radical (unpaired) electrons. The second kappa shape index (κ2) is 8.75. The molecule has 1 atom stereocenters. The fourth-order valence-corrected chi connectivity index (χ4v) is 2.35. The summed E-state index contributed by atoms with van der Waals surface area (Å²) in [6, 6.07) is 2.04. The summed E-state index contributed by atoms with van der Waals surface area (Å²) < 4.78 is 1.83. The Bertz CT molecular complexity index is 497. The van der Waals surface area contributed by atoms with Gasteiger partial charge in [0.25, 0.3) is 5.91 Å². The molecule has 1 aromatic heterocycles. The zero-order valence-electron chi connectivity index (χ0n) is 13.0. The molecule has 1 saturated heterocycles. The van der Waals surface area contributed by atoms with Crippen molar-refractivity contribution in [2.24, 2.45) is 0 Å².